The molecule has 1 amide bonds. The Bertz CT molecular complexity index is 427. The van der Waals surface area contributed by atoms with E-state index in [0.717, 1.165) is 39.1 Å². The lowest BCUT2D eigenvalue weighted by atomic mass is 10.1. The van der Waals surface area contributed by atoms with E-state index in [1.807, 2.05) is 18.7 Å². The van der Waals surface area contributed by atoms with Crippen LogP contribution in [0.15, 0.2) is 12.4 Å². The highest BCUT2D eigenvalue weighted by atomic mass is 16.5. The van der Waals surface area contributed by atoms with Gasteiger partial charge in [-0.1, -0.05) is 0 Å². The Labute approximate surface area is 119 Å². The molecule has 1 aliphatic heterocycles. The molecule has 1 N–H and O–H groups in total. The molecule has 2 rings (SSSR count). The minimum Gasteiger partial charge on any atom is -0.378 e. The van der Waals surface area contributed by atoms with Crippen molar-refractivity contribution in [1.29, 1.82) is 0 Å². The van der Waals surface area contributed by atoms with Gasteiger partial charge in [-0.2, -0.15) is 0 Å². The zero-order valence-corrected chi connectivity index (χ0v) is 12.1. The Morgan fingerprint density at radius 2 is 2.10 bits per heavy atom. The summed E-state index contributed by atoms with van der Waals surface area (Å²) in [5.74, 6) is 0.648. The van der Waals surface area contributed by atoms with Gasteiger partial charge in [0.15, 0.2) is 0 Å². The number of aromatic nitrogens is 2. The first-order chi connectivity index (χ1) is 9.74. The van der Waals surface area contributed by atoms with Gasteiger partial charge in [-0.15, -0.1) is 0 Å². The molecule has 6 heteroatoms. The molecule has 6 nitrogen and oxygen atoms in total. The van der Waals surface area contributed by atoms with Crippen LogP contribution >= 0.6 is 0 Å². The molecule has 0 spiro atoms. The summed E-state index contributed by atoms with van der Waals surface area (Å²) in [5.41, 5.74) is 0.404. The summed E-state index contributed by atoms with van der Waals surface area (Å²) in [4.78, 5) is 22.5. The van der Waals surface area contributed by atoms with Crippen molar-refractivity contribution in [3.05, 3.63) is 18.1 Å². The van der Waals surface area contributed by atoms with E-state index < -0.39 is 0 Å². The average Bonchev–Trinajstić information content (AvgIpc) is 2.49. The SMILES string of the molecule is CCNc1cnc(C(=O)N2CCC(OCC)CC2)cn1. The number of ether oxygens (including phenoxy) is 1. The van der Waals surface area contributed by atoms with Crippen LogP contribution in [0.3, 0.4) is 0 Å². The number of hydrogen-bond donors (Lipinski definition) is 1. The van der Waals surface area contributed by atoms with E-state index in [9.17, 15) is 4.79 Å². The first-order valence-corrected chi connectivity index (χ1v) is 7.21. The lowest BCUT2D eigenvalue weighted by Crippen LogP contribution is -2.41. The molecule has 1 aromatic rings. The highest BCUT2D eigenvalue weighted by Gasteiger charge is 2.24. The highest BCUT2D eigenvalue weighted by molar-refractivity contribution is 5.92. The van der Waals surface area contributed by atoms with E-state index in [0.29, 0.717) is 11.5 Å². The molecule has 1 aromatic heterocycles. The number of rotatable bonds is 5. The molecule has 1 fully saturated rings. The van der Waals surface area contributed by atoms with Gasteiger partial charge < -0.3 is 15.0 Å². The van der Waals surface area contributed by atoms with Gasteiger partial charge in [0, 0.05) is 26.2 Å². The Kier molecular flexibility index (Phi) is 5.29. The quantitative estimate of drug-likeness (QED) is 0.885. The predicted octanol–water partition coefficient (Wildman–Crippen LogP) is 1.55. The van der Waals surface area contributed by atoms with Crippen molar-refractivity contribution >= 4 is 11.7 Å². The Balaban J connectivity index is 1.91. The van der Waals surface area contributed by atoms with Crippen LogP contribution in [-0.4, -0.2) is 53.1 Å². The van der Waals surface area contributed by atoms with Crippen molar-refractivity contribution in [2.24, 2.45) is 0 Å². The van der Waals surface area contributed by atoms with Crippen molar-refractivity contribution in [1.82, 2.24) is 14.9 Å². The Hall–Kier alpha value is -1.69. The number of piperidine rings is 1. The van der Waals surface area contributed by atoms with Crippen molar-refractivity contribution < 1.29 is 9.53 Å². The molecule has 0 bridgehead atoms. The van der Waals surface area contributed by atoms with Crippen LogP contribution in [0.4, 0.5) is 5.82 Å². The average molecular weight is 278 g/mol. The lowest BCUT2D eigenvalue weighted by molar-refractivity contribution is 0.0144. The summed E-state index contributed by atoms with van der Waals surface area (Å²) in [6.45, 7) is 6.95. The van der Waals surface area contributed by atoms with Crippen molar-refractivity contribution in [3.8, 4) is 0 Å². The van der Waals surface area contributed by atoms with Crippen LogP contribution in [0.25, 0.3) is 0 Å². The second-order valence-electron chi connectivity index (χ2n) is 4.76. The number of likely N-dealkylation sites (tertiary alicyclic amines) is 1. The van der Waals surface area contributed by atoms with Crippen LogP contribution < -0.4 is 5.32 Å². The van der Waals surface area contributed by atoms with Gasteiger partial charge in [0.05, 0.1) is 18.5 Å². The molecule has 0 aliphatic carbocycles. The molecular weight excluding hydrogens is 256 g/mol. The van der Waals surface area contributed by atoms with Crippen LogP contribution in [0.1, 0.15) is 37.2 Å². The predicted molar refractivity (Wildman–Crippen MR) is 76.7 cm³/mol. The van der Waals surface area contributed by atoms with Gasteiger partial charge in [-0.3, -0.25) is 4.79 Å². The maximum absolute atomic E-state index is 12.3. The maximum atomic E-state index is 12.3. The van der Waals surface area contributed by atoms with Crippen LogP contribution in [0.2, 0.25) is 0 Å². The third-order valence-electron chi connectivity index (χ3n) is 3.36. The van der Waals surface area contributed by atoms with Crippen LogP contribution in [0, 0.1) is 0 Å². The first-order valence-electron chi connectivity index (χ1n) is 7.21. The normalized spacial score (nSPS) is 16.2. The summed E-state index contributed by atoms with van der Waals surface area (Å²) in [5, 5.41) is 3.06. The monoisotopic (exact) mass is 278 g/mol. The smallest absolute Gasteiger partial charge is 0.274 e. The number of hydrogen-bond acceptors (Lipinski definition) is 5. The van der Waals surface area contributed by atoms with Gasteiger partial charge in [0.2, 0.25) is 0 Å². The van der Waals surface area contributed by atoms with Gasteiger partial charge in [-0.25, -0.2) is 9.97 Å². The first kappa shape index (κ1) is 14.7. The topological polar surface area (TPSA) is 67.4 Å². The van der Waals surface area contributed by atoms with E-state index in [-0.39, 0.29) is 12.0 Å². The molecule has 1 aliphatic rings. The van der Waals surface area contributed by atoms with Gasteiger partial charge in [0.25, 0.3) is 5.91 Å². The molecule has 0 radical (unpaired) electrons. The fraction of sp³-hybridized carbons (Fsp3) is 0.643. The fourth-order valence-corrected chi connectivity index (χ4v) is 2.33. The third-order valence-corrected chi connectivity index (χ3v) is 3.36. The molecule has 0 atom stereocenters. The van der Waals surface area contributed by atoms with Gasteiger partial charge in [-0.05, 0) is 26.7 Å². The minimum atomic E-state index is -0.0458. The van der Waals surface area contributed by atoms with Crippen LogP contribution in [0.5, 0.6) is 0 Å². The van der Waals surface area contributed by atoms with E-state index in [2.05, 4.69) is 15.3 Å². The van der Waals surface area contributed by atoms with E-state index in [1.54, 1.807) is 6.20 Å². The molecule has 20 heavy (non-hydrogen) atoms. The van der Waals surface area contributed by atoms with Crippen molar-refractivity contribution in [2.45, 2.75) is 32.8 Å². The summed E-state index contributed by atoms with van der Waals surface area (Å²) in [6, 6.07) is 0. The zero-order valence-electron chi connectivity index (χ0n) is 12.1. The molecule has 0 saturated carbocycles. The zero-order chi connectivity index (χ0) is 14.4. The Morgan fingerprint density at radius 3 is 2.65 bits per heavy atom. The summed E-state index contributed by atoms with van der Waals surface area (Å²) < 4.78 is 5.58. The molecular formula is C14H22N4O2. The summed E-state index contributed by atoms with van der Waals surface area (Å²) >= 11 is 0. The summed E-state index contributed by atoms with van der Waals surface area (Å²) in [6.07, 6.45) is 5.20. The number of anilines is 1. The second kappa shape index (κ2) is 7.19. The molecule has 110 valence electrons. The molecule has 0 aromatic carbocycles. The minimum absolute atomic E-state index is 0.0458. The largest absolute Gasteiger partial charge is 0.378 e. The lowest BCUT2D eigenvalue weighted by Gasteiger charge is -2.31. The number of nitrogens with zero attached hydrogens (tertiary/aromatic N) is 3. The number of amides is 1. The maximum Gasteiger partial charge on any atom is 0.274 e. The highest BCUT2D eigenvalue weighted by Crippen LogP contribution is 2.15. The molecule has 1 saturated heterocycles. The van der Waals surface area contributed by atoms with Gasteiger partial charge in [0.1, 0.15) is 11.5 Å². The van der Waals surface area contributed by atoms with E-state index >= 15 is 0 Å². The molecule has 0 unspecified atom stereocenters. The van der Waals surface area contributed by atoms with Crippen molar-refractivity contribution in [3.63, 3.8) is 0 Å². The molecule has 2 heterocycles. The van der Waals surface area contributed by atoms with E-state index in [1.165, 1.54) is 6.20 Å². The van der Waals surface area contributed by atoms with Crippen molar-refractivity contribution in [2.75, 3.05) is 31.6 Å². The number of nitrogens with one attached hydrogen (secondary N) is 1. The fourth-order valence-electron chi connectivity index (χ4n) is 2.33. The Morgan fingerprint density at radius 1 is 1.35 bits per heavy atom. The number of carbonyl (C=O) groups is 1. The third kappa shape index (κ3) is 3.66. The van der Waals surface area contributed by atoms with E-state index in [4.69, 9.17) is 4.74 Å². The van der Waals surface area contributed by atoms with Crippen LogP contribution in [-0.2, 0) is 4.74 Å². The van der Waals surface area contributed by atoms with Gasteiger partial charge >= 0.3 is 0 Å². The standard InChI is InChI=1S/C14H22N4O2/c1-3-15-13-10-16-12(9-17-13)14(19)18-7-5-11(6-8-18)20-4-2/h9-11H,3-8H2,1-2H3,(H,15,17). The second-order valence-corrected chi connectivity index (χ2v) is 4.76. The summed E-state index contributed by atoms with van der Waals surface area (Å²) in [7, 11) is 0. The number of carbonyl (C=O) groups excluding carboxylic acids is 1.